The fourth-order valence-electron chi connectivity index (χ4n) is 3.93. The maximum atomic E-state index is 12.9. The number of aromatic nitrogens is 1. The Bertz CT molecular complexity index is 1040. The summed E-state index contributed by atoms with van der Waals surface area (Å²) in [5.41, 5.74) is 2.40. The second-order valence-corrected chi connectivity index (χ2v) is 8.72. The highest BCUT2D eigenvalue weighted by Gasteiger charge is 2.32. The van der Waals surface area contributed by atoms with Crippen molar-refractivity contribution in [3.8, 4) is 0 Å². The molecule has 0 radical (unpaired) electrons. The number of nitro groups is 1. The third-order valence-corrected chi connectivity index (χ3v) is 5.62. The van der Waals surface area contributed by atoms with E-state index in [0.717, 1.165) is 5.69 Å². The van der Waals surface area contributed by atoms with Gasteiger partial charge in [-0.25, -0.2) is 9.78 Å². The first kappa shape index (κ1) is 24.0. The van der Waals surface area contributed by atoms with Gasteiger partial charge in [-0.3, -0.25) is 14.9 Å². The molecule has 0 saturated carbocycles. The molecule has 0 unspecified atom stereocenters. The van der Waals surface area contributed by atoms with Crippen LogP contribution >= 0.6 is 0 Å². The van der Waals surface area contributed by atoms with E-state index in [1.807, 2.05) is 33.8 Å². The molecule has 1 aromatic heterocycles. The Kier molecular flexibility index (Phi) is 7.15. The lowest BCUT2D eigenvalue weighted by molar-refractivity contribution is -0.385. The molecule has 10 heteroatoms. The lowest BCUT2D eigenvalue weighted by Gasteiger charge is -2.45. The summed E-state index contributed by atoms with van der Waals surface area (Å²) in [6.45, 7) is 10.5. The standard InChI is InChI=1S/C23H30N6O4/c1-14(2)25-22(30)20-8-6-18(11-24-20)26-23(31)28-13-16(4)27(12-17(28)5)19-7-9-21(29(32)33)15(3)10-19/h6-11,14,16-17H,12-13H2,1-5H3,(H,25,30)(H,26,31)/t16-,17+/m0/s1. The normalized spacial score (nSPS) is 18.2. The van der Waals surface area contributed by atoms with E-state index in [-0.39, 0.29) is 46.4 Å². The Labute approximate surface area is 193 Å². The van der Waals surface area contributed by atoms with Crippen molar-refractivity contribution in [1.29, 1.82) is 0 Å². The average Bonchev–Trinajstić information content (AvgIpc) is 2.74. The minimum Gasteiger partial charge on any atom is -0.365 e. The van der Waals surface area contributed by atoms with Gasteiger partial charge in [0.1, 0.15) is 5.69 Å². The molecule has 0 bridgehead atoms. The van der Waals surface area contributed by atoms with Crippen LogP contribution in [0, 0.1) is 17.0 Å². The number of nitrogens with one attached hydrogen (secondary N) is 2. The Morgan fingerprint density at radius 2 is 1.88 bits per heavy atom. The maximum absolute atomic E-state index is 12.9. The van der Waals surface area contributed by atoms with Crippen molar-refractivity contribution in [2.45, 2.75) is 52.7 Å². The molecule has 2 atom stereocenters. The van der Waals surface area contributed by atoms with Crippen LogP contribution in [0.4, 0.5) is 21.9 Å². The van der Waals surface area contributed by atoms with Gasteiger partial charge in [-0.05, 0) is 58.9 Å². The van der Waals surface area contributed by atoms with Gasteiger partial charge in [0, 0.05) is 48.5 Å². The summed E-state index contributed by atoms with van der Waals surface area (Å²) in [4.78, 5) is 43.7. The summed E-state index contributed by atoms with van der Waals surface area (Å²) in [6, 6.07) is 8.05. The molecule has 10 nitrogen and oxygen atoms in total. The third-order valence-electron chi connectivity index (χ3n) is 5.62. The number of nitrogens with zero attached hydrogens (tertiary/aromatic N) is 4. The van der Waals surface area contributed by atoms with Crippen LogP contribution in [0.3, 0.4) is 0 Å². The summed E-state index contributed by atoms with van der Waals surface area (Å²) in [5.74, 6) is -0.261. The number of aryl methyl sites for hydroxylation is 1. The van der Waals surface area contributed by atoms with Crippen LogP contribution in [0.1, 0.15) is 43.7 Å². The van der Waals surface area contributed by atoms with Crippen molar-refractivity contribution < 1.29 is 14.5 Å². The van der Waals surface area contributed by atoms with Gasteiger partial charge >= 0.3 is 6.03 Å². The molecule has 0 aliphatic carbocycles. The summed E-state index contributed by atoms with van der Waals surface area (Å²) >= 11 is 0. The van der Waals surface area contributed by atoms with Crippen LogP contribution < -0.4 is 15.5 Å². The number of amides is 3. The van der Waals surface area contributed by atoms with E-state index < -0.39 is 0 Å². The minimum atomic E-state index is -0.383. The molecule has 2 aromatic rings. The van der Waals surface area contributed by atoms with Crippen LogP contribution in [0.25, 0.3) is 0 Å². The van der Waals surface area contributed by atoms with Gasteiger partial charge in [0.25, 0.3) is 11.6 Å². The fraction of sp³-hybridized carbons (Fsp3) is 0.435. The predicted octanol–water partition coefficient (Wildman–Crippen LogP) is 3.57. The second kappa shape index (κ2) is 9.85. The molecule has 3 rings (SSSR count). The zero-order valence-electron chi connectivity index (χ0n) is 19.5. The van der Waals surface area contributed by atoms with E-state index in [0.29, 0.717) is 24.3 Å². The zero-order chi connectivity index (χ0) is 24.3. The molecule has 33 heavy (non-hydrogen) atoms. The van der Waals surface area contributed by atoms with Crippen molar-refractivity contribution in [3.63, 3.8) is 0 Å². The van der Waals surface area contributed by atoms with Gasteiger partial charge in [-0.1, -0.05) is 0 Å². The monoisotopic (exact) mass is 454 g/mol. The van der Waals surface area contributed by atoms with Crippen molar-refractivity contribution in [1.82, 2.24) is 15.2 Å². The maximum Gasteiger partial charge on any atom is 0.322 e. The highest BCUT2D eigenvalue weighted by Crippen LogP contribution is 2.28. The number of hydrogen-bond donors (Lipinski definition) is 2. The van der Waals surface area contributed by atoms with Gasteiger partial charge < -0.3 is 20.4 Å². The number of pyridine rings is 1. The van der Waals surface area contributed by atoms with Gasteiger partial charge in [0.15, 0.2) is 0 Å². The second-order valence-electron chi connectivity index (χ2n) is 8.72. The van der Waals surface area contributed by atoms with Crippen molar-refractivity contribution >= 4 is 29.0 Å². The van der Waals surface area contributed by atoms with E-state index >= 15 is 0 Å². The molecule has 2 N–H and O–H groups in total. The van der Waals surface area contributed by atoms with Gasteiger partial charge in [0.05, 0.1) is 16.8 Å². The van der Waals surface area contributed by atoms with E-state index in [2.05, 4.69) is 20.5 Å². The quantitative estimate of drug-likeness (QED) is 0.526. The molecule has 1 aliphatic rings. The molecule has 3 amide bonds. The summed E-state index contributed by atoms with van der Waals surface area (Å²) in [5, 5.41) is 16.7. The Hall–Kier alpha value is -3.69. The smallest absolute Gasteiger partial charge is 0.322 e. The van der Waals surface area contributed by atoms with E-state index in [9.17, 15) is 19.7 Å². The van der Waals surface area contributed by atoms with Crippen LogP contribution in [0.5, 0.6) is 0 Å². The van der Waals surface area contributed by atoms with Crippen LogP contribution in [0.15, 0.2) is 36.5 Å². The number of piperazine rings is 1. The number of benzene rings is 1. The molecule has 1 aliphatic heterocycles. The summed E-state index contributed by atoms with van der Waals surface area (Å²) in [7, 11) is 0. The van der Waals surface area contributed by atoms with Crippen LogP contribution in [-0.2, 0) is 0 Å². The number of carbonyl (C=O) groups excluding carboxylic acids is 2. The minimum absolute atomic E-state index is 0.00995. The first-order valence-corrected chi connectivity index (χ1v) is 10.9. The van der Waals surface area contributed by atoms with Gasteiger partial charge in [0.2, 0.25) is 0 Å². The highest BCUT2D eigenvalue weighted by atomic mass is 16.6. The van der Waals surface area contributed by atoms with Crippen molar-refractivity contribution in [2.24, 2.45) is 0 Å². The van der Waals surface area contributed by atoms with E-state index in [4.69, 9.17) is 0 Å². The SMILES string of the molecule is Cc1cc(N2C[C@@H](C)N(C(=O)Nc3ccc(C(=O)NC(C)C)nc3)C[C@@H]2C)ccc1[N+](=O)[O-]. The van der Waals surface area contributed by atoms with Crippen molar-refractivity contribution in [3.05, 3.63) is 57.9 Å². The van der Waals surface area contributed by atoms with Gasteiger partial charge in [-0.15, -0.1) is 0 Å². The van der Waals surface area contributed by atoms with Crippen molar-refractivity contribution in [2.75, 3.05) is 23.3 Å². The average molecular weight is 455 g/mol. The van der Waals surface area contributed by atoms with E-state index in [1.165, 1.54) is 12.3 Å². The Morgan fingerprint density at radius 1 is 1.15 bits per heavy atom. The number of urea groups is 1. The van der Waals surface area contributed by atoms with Crippen LogP contribution in [0.2, 0.25) is 0 Å². The molecule has 176 valence electrons. The topological polar surface area (TPSA) is 121 Å². The molecule has 0 spiro atoms. The molecule has 1 aromatic carbocycles. The molecule has 1 fully saturated rings. The summed E-state index contributed by atoms with van der Waals surface area (Å²) in [6.07, 6.45) is 1.47. The van der Waals surface area contributed by atoms with Crippen LogP contribution in [-0.4, -0.2) is 58.0 Å². The number of anilines is 2. The Morgan fingerprint density at radius 3 is 2.45 bits per heavy atom. The number of carbonyl (C=O) groups is 2. The van der Waals surface area contributed by atoms with E-state index in [1.54, 1.807) is 30.0 Å². The zero-order valence-corrected chi connectivity index (χ0v) is 19.5. The lowest BCUT2D eigenvalue weighted by Crippen LogP contribution is -2.59. The molecular weight excluding hydrogens is 424 g/mol. The molecule has 2 heterocycles. The predicted molar refractivity (Wildman–Crippen MR) is 127 cm³/mol. The first-order valence-electron chi connectivity index (χ1n) is 10.9. The third kappa shape index (κ3) is 5.57. The van der Waals surface area contributed by atoms with Gasteiger partial charge in [-0.2, -0.15) is 0 Å². The lowest BCUT2D eigenvalue weighted by atomic mass is 10.1. The fourth-order valence-corrected chi connectivity index (χ4v) is 3.93. The Balaban J connectivity index is 1.65. The largest absolute Gasteiger partial charge is 0.365 e. The first-order chi connectivity index (χ1) is 15.6. The molecule has 1 saturated heterocycles. The number of hydrogen-bond acceptors (Lipinski definition) is 6. The highest BCUT2D eigenvalue weighted by molar-refractivity contribution is 5.93. The number of nitro benzene ring substituents is 1. The number of rotatable bonds is 5. The summed E-state index contributed by atoms with van der Waals surface area (Å²) < 4.78 is 0. The molecular formula is C23H30N6O4.